The molecule has 0 saturated heterocycles. The molecule has 2 rings (SSSR count). The Hall–Kier alpha value is -2.49. The molecule has 0 aliphatic heterocycles. The molecule has 0 unspecified atom stereocenters. The molecule has 1 N–H and O–H groups in total. The fourth-order valence-electron chi connectivity index (χ4n) is 2.03. The number of benzene rings is 2. The van der Waals surface area contributed by atoms with Crippen LogP contribution < -0.4 is 4.74 Å². The van der Waals surface area contributed by atoms with Gasteiger partial charge in [0, 0.05) is 5.56 Å². The Kier molecular flexibility index (Phi) is 4.82. The summed E-state index contributed by atoms with van der Waals surface area (Å²) in [4.78, 5) is 11.3. The lowest BCUT2D eigenvalue weighted by Crippen LogP contribution is -2.14. The Bertz CT molecular complexity index is 634. The van der Waals surface area contributed by atoms with Crippen molar-refractivity contribution in [3.05, 3.63) is 48.0 Å². The van der Waals surface area contributed by atoms with Gasteiger partial charge in [-0.3, -0.25) is 0 Å². The van der Waals surface area contributed by atoms with Crippen molar-refractivity contribution in [2.45, 2.75) is 13.8 Å². The van der Waals surface area contributed by atoms with E-state index >= 15 is 0 Å². The standard InChI is InChI=1S/C17H18O4/c1-3-20-17(19)11-21-13-9-8-12(2)15(10-13)14-6-4-5-7-16(14)18/h4-10,18H,3,11H2,1-2H3. The maximum atomic E-state index is 11.3. The number of esters is 1. The SMILES string of the molecule is CCOC(=O)COc1ccc(C)c(-c2ccccc2O)c1. The molecule has 0 aliphatic rings. The molecule has 4 nitrogen and oxygen atoms in total. The van der Waals surface area contributed by atoms with Crippen LogP contribution in [0.3, 0.4) is 0 Å². The number of phenolic OH excluding ortho intramolecular Hbond substituents is 1. The van der Waals surface area contributed by atoms with Gasteiger partial charge in [0.15, 0.2) is 6.61 Å². The Labute approximate surface area is 123 Å². The third-order valence-corrected chi connectivity index (χ3v) is 3.07. The third kappa shape index (κ3) is 3.75. The Balaban J connectivity index is 2.22. The van der Waals surface area contributed by atoms with Crippen LogP contribution in [-0.2, 0) is 9.53 Å². The number of aromatic hydroxyl groups is 1. The van der Waals surface area contributed by atoms with Gasteiger partial charge < -0.3 is 14.6 Å². The molecule has 0 radical (unpaired) electrons. The summed E-state index contributed by atoms with van der Waals surface area (Å²) in [5.41, 5.74) is 2.62. The van der Waals surface area contributed by atoms with E-state index in [2.05, 4.69) is 0 Å². The first-order valence-electron chi connectivity index (χ1n) is 6.79. The zero-order chi connectivity index (χ0) is 15.2. The van der Waals surface area contributed by atoms with Gasteiger partial charge in [-0.25, -0.2) is 4.79 Å². The smallest absolute Gasteiger partial charge is 0.344 e. The highest BCUT2D eigenvalue weighted by Crippen LogP contribution is 2.33. The van der Waals surface area contributed by atoms with Crippen LogP contribution in [0.1, 0.15) is 12.5 Å². The number of phenols is 1. The largest absolute Gasteiger partial charge is 0.507 e. The molecular weight excluding hydrogens is 268 g/mol. The molecule has 2 aromatic rings. The molecule has 4 heteroatoms. The molecule has 0 aromatic heterocycles. The van der Waals surface area contributed by atoms with Gasteiger partial charge in [-0.05, 0) is 43.2 Å². The van der Waals surface area contributed by atoms with Crippen molar-refractivity contribution in [2.24, 2.45) is 0 Å². The molecule has 2 aromatic carbocycles. The number of hydrogen-bond acceptors (Lipinski definition) is 4. The van der Waals surface area contributed by atoms with E-state index in [0.717, 1.165) is 16.7 Å². The van der Waals surface area contributed by atoms with Crippen molar-refractivity contribution >= 4 is 5.97 Å². The minimum atomic E-state index is -0.401. The van der Waals surface area contributed by atoms with E-state index in [9.17, 15) is 9.90 Å². The predicted molar refractivity (Wildman–Crippen MR) is 80.4 cm³/mol. The normalized spacial score (nSPS) is 10.2. The third-order valence-electron chi connectivity index (χ3n) is 3.07. The fraction of sp³-hybridized carbons (Fsp3) is 0.235. The van der Waals surface area contributed by atoms with Gasteiger partial charge in [0.25, 0.3) is 0 Å². The van der Waals surface area contributed by atoms with E-state index < -0.39 is 5.97 Å². The van der Waals surface area contributed by atoms with Crippen LogP contribution in [0.25, 0.3) is 11.1 Å². The van der Waals surface area contributed by atoms with Crippen molar-refractivity contribution in [3.8, 4) is 22.6 Å². The molecule has 0 bridgehead atoms. The molecule has 21 heavy (non-hydrogen) atoms. The van der Waals surface area contributed by atoms with Crippen LogP contribution in [-0.4, -0.2) is 24.3 Å². The van der Waals surface area contributed by atoms with Gasteiger partial charge in [0.1, 0.15) is 11.5 Å². The van der Waals surface area contributed by atoms with Crippen molar-refractivity contribution in [2.75, 3.05) is 13.2 Å². The van der Waals surface area contributed by atoms with Crippen LogP contribution in [0.2, 0.25) is 0 Å². The van der Waals surface area contributed by atoms with Crippen LogP contribution >= 0.6 is 0 Å². The summed E-state index contributed by atoms with van der Waals surface area (Å²) in [5, 5.41) is 9.95. The van der Waals surface area contributed by atoms with E-state index in [4.69, 9.17) is 9.47 Å². The van der Waals surface area contributed by atoms with Crippen LogP contribution in [0.5, 0.6) is 11.5 Å². The van der Waals surface area contributed by atoms with E-state index in [1.54, 1.807) is 25.1 Å². The zero-order valence-electron chi connectivity index (χ0n) is 12.1. The highest BCUT2D eigenvalue weighted by atomic mass is 16.6. The maximum Gasteiger partial charge on any atom is 0.344 e. The summed E-state index contributed by atoms with van der Waals surface area (Å²) in [6, 6.07) is 12.6. The summed E-state index contributed by atoms with van der Waals surface area (Å²) in [7, 11) is 0. The molecule has 0 amide bonds. The van der Waals surface area contributed by atoms with Crippen molar-refractivity contribution in [1.82, 2.24) is 0 Å². The van der Waals surface area contributed by atoms with Gasteiger partial charge >= 0.3 is 5.97 Å². The monoisotopic (exact) mass is 286 g/mol. The molecule has 0 atom stereocenters. The summed E-state index contributed by atoms with van der Waals surface area (Å²) >= 11 is 0. The predicted octanol–water partition coefficient (Wildman–Crippen LogP) is 3.31. The first-order chi connectivity index (χ1) is 10.1. The van der Waals surface area contributed by atoms with Crippen molar-refractivity contribution in [1.29, 1.82) is 0 Å². The molecule has 0 fully saturated rings. The Morgan fingerprint density at radius 1 is 1.14 bits per heavy atom. The quantitative estimate of drug-likeness (QED) is 0.857. The highest BCUT2D eigenvalue weighted by Gasteiger charge is 2.09. The average molecular weight is 286 g/mol. The second-order valence-corrected chi connectivity index (χ2v) is 4.59. The number of ether oxygens (including phenoxy) is 2. The summed E-state index contributed by atoms with van der Waals surface area (Å²) in [6.45, 7) is 3.91. The van der Waals surface area contributed by atoms with E-state index in [1.165, 1.54) is 0 Å². The lowest BCUT2D eigenvalue weighted by Gasteiger charge is -2.11. The maximum absolute atomic E-state index is 11.3. The van der Waals surface area contributed by atoms with E-state index in [1.807, 2.05) is 31.2 Å². The van der Waals surface area contributed by atoms with Crippen LogP contribution in [0, 0.1) is 6.92 Å². The van der Waals surface area contributed by atoms with E-state index in [0.29, 0.717) is 12.4 Å². The molecule has 0 heterocycles. The van der Waals surface area contributed by atoms with Gasteiger partial charge in [-0.15, -0.1) is 0 Å². The molecule has 110 valence electrons. The highest BCUT2D eigenvalue weighted by molar-refractivity contribution is 5.74. The number of carbonyl (C=O) groups is 1. The number of carbonyl (C=O) groups excluding carboxylic acids is 1. The number of rotatable bonds is 5. The number of aryl methyl sites for hydroxylation is 1. The molecule has 0 saturated carbocycles. The second-order valence-electron chi connectivity index (χ2n) is 4.59. The molecule has 0 aliphatic carbocycles. The fourth-order valence-corrected chi connectivity index (χ4v) is 2.03. The number of hydrogen-bond donors (Lipinski definition) is 1. The van der Waals surface area contributed by atoms with Crippen LogP contribution in [0.4, 0.5) is 0 Å². The van der Waals surface area contributed by atoms with Crippen molar-refractivity contribution < 1.29 is 19.4 Å². The van der Waals surface area contributed by atoms with Gasteiger partial charge in [-0.2, -0.15) is 0 Å². The van der Waals surface area contributed by atoms with Crippen molar-refractivity contribution in [3.63, 3.8) is 0 Å². The average Bonchev–Trinajstić information content (AvgIpc) is 2.47. The van der Waals surface area contributed by atoms with E-state index in [-0.39, 0.29) is 12.4 Å². The Morgan fingerprint density at radius 3 is 2.62 bits per heavy atom. The minimum Gasteiger partial charge on any atom is -0.507 e. The van der Waals surface area contributed by atoms with Gasteiger partial charge in [0.05, 0.1) is 6.61 Å². The van der Waals surface area contributed by atoms with Crippen LogP contribution in [0.15, 0.2) is 42.5 Å². The second kappa shape index (κ2) is 6.79. The summed E-state index contributed by atoms with van der Waals surface area (Å²) in [5.74, 6) is 0.372. The zero-order valence-corrected chi connectivity index (χ0v) is 12.1. The topological polar surface area (TPSA) is 55.8 Å². The summed E-state index contributed by atoms with van der Waals surface area (Å²) < 4.78 is 10.2. The molecular formula is C17H18O4. The minimum absolute atomic E-state index is 0.128. The first kappa shape index (κ1) is 14.9. The first-order valence-corrected chi connectivity index (χ1v) is 6.79. The lowest BCUT2D eigenvalue weighted by atomic mass is 9.99. The Morgan fingerprint density at radius 2 is 1.90 bits per heavy atom. The lowest BCUT2D eigenvalue weighted by molar-refractivity contribution is -0.145. The summed E-state index contributed by atoms with van der Waals surface area (Å²) in [6.07, 6.45) is 0. The van der Waals surface area contributed by atoms with Gasteiger partial charge in [-0.1, -0.05) is 24.3 Å². The molecule has 0 spiro atoms. The number of para-hydroxylation sites is 1. The van der Waals surface area contributed by atoms with Gasteiger partial charge in [0.2, 0.25) is 0 Å².